The molecule has 1 aliphatic carbocycles. The third-order valence-electron chi connectivity index (χ3n) is 5.61. The van der Waals surface area contributed by atoms with Crippen LogP contribution >= 0.6 is 0 Å². The quantitative estimate of drug-likeness (QED) is 0.631. The molecule has 1 aromatic heterocycles. The largest absolute Gasteiger partial charge is 0.473 e. The molecule has 1 heterocycles. The molecule has 3 heteroatoms. The molecule has 1 aliphatic rings. The van der Waals surface area contributed by atoms with Crippen molar-refractivity contribution in [3.63, 3.8) is 0 Å². The number of rotatable bonds is 7. The van der Waals surface area contributed by atoms with Crippen LogP contribution in [0.2, 0.25) is 0 Å². The Bertz CT molecular complexity index is 670. The molecule has 1 saturated carbocycles. The molecule has 0 radical (unpaired) electrons. The van der Waals surface area contributed by atoms with Crippen molar-refractivity contribution in [1.29, 1.82) is 0 Å². The van der Waals surface area contributed by atoms with Gasteiger partial charge in [0.1, 0.15) is 6.61 Å². The van der Waals surface area contributed by atoms with E-state index in [0.29, 0.717) is 12.6 Å². The molecule has 1 atom stereocenters. The minimum Gasteiger partial charge on any atom is -0.473 e. The standard InChI is InChI=1S/C22H32N2O/c1-4-10-21-15-22(25-16-20-14-9-8-11-17(20)2)24(23-21)18(3)19-12-6-5-7-13-19/h8-9,11,14-15,18-19H,4-7,10,12-13,16H2,1-3H3. The molecule has 1 unspecified atom stereocenters. The lowest BCUT2D eigenvalue weighted by atomic mass is 9.85. The summed E-state index contributed by atoms with van der Waals surface area (Å²) >= 11 is 0. The molecule has 0 bridgehead atoms. The van der Waals surface area contributed by atoms with Gasteiger partial charge in [0.15, 0.2) is 0 Å². The number of aromatic nitrogens is 2. The molecule has 0 saturated heterocycles. The minimum atomic E-state index is 0.415. The molecule has 1 fully saturated rings. The molecule has 0 aliphatic heterocycles. The first-order chi connectivity index (χ1) is 12.2. The molecular weight excluding hydrogens is 308 g/mol. The molecule has 0 amide bonds. The van der Waals surface area contributed by atoms with E-state index in [1.54, 1.807) is 0 Å². The van der Waals surface area contributed by atoms with Crippen LogP contribution in [0.5, 0.6) is 5.88 Å². The summed E-state index contributed by atoms with van der Waals surface area (Å²) in [5, 5.41) is 4.90. The Labute approximate surface area is 152 Å². The topological polar surface area (TPSA) is 27.1 Å². The molecule has 136 valence electrons. The fourth-order valence-corrected chi connectivity index (χ4v) is 3.94. The lowest BCUT2D eigenvalue weighted by Crippen LogP contribution is -2.21. The van der Waals surface area contributed by atoms with E-state index in [2.05, 4.69) is 55.8 Å². The molecule has 0 N–H and O–H groups in total. The molecule has 3 nitrogen and oxygen atoms in total. The summed E-state index contributed by atoms with van der Waals surface area (Å²) in [6, 6.07) is 11.0. The van der Waals surface area contributed by atoms with E-state index in [9.17, 15) is 0 Å². The summed E-state index contributed by atoms with van der Waals surface area (Å²) < 4.78 is 8.41. The van der Waals surface area contributed by atoms with E-state index < -0.39 is 0 Å². The normalized spacial score (nSPS) is 16.8. The third-order valence-corrected chi connectivity index (χ3v) is 5.61. The van der Waals surface area contributed by atoms with Gasteiger partial charge in [0, 0.05) is 6.07 Å². The summed E-state index contributed by atoms with van der Waals surface area (Å²) in [5.41, 5.74) is 3.69. The van der Waals surface area contributed by atoms with Crippen LogP contribution in [0, 0.1) is 12.8 Å². The summed E-state index contributed by atoms with van der Waals surface area (Å²) in [7, 11) is 0. The van der Waals surface area contributed by atoms with Crippen molar-refractivity contribution in [3.05, 3.63) is 47.2 Å². The zero-order chi connectivity index (χ0) is 17.6. The fraction of sp³-hybridized carbons (Fsp3) is 0.591. The number of hydrogen-bond acceptors (Lipinski definition) is 2. The Morgan fingerprint density at radius 2 is 1.96 bits per heavy atom. The predicted octanol–water partition coefficient (Wildman–Crippen LogP) is 5.86. The molecule has 1 aromatic carbocycles. The molecule has 0 spiro atoms. The van der Waals surface area contributed by atoms with E-state index in [1.165, 1.54) is 43.2 Å². The third kappa shape index (κ3) is 4.45. The highest BCUT2D eigenvalue weighted by molar-refractivity contribution is 5.26. The summed E-state index contributed by atoms with van der Waals surface area (Å²) in [6.07, 6.45) is 8.88. The highest BCUT2D eigenvalue weighted by Gasteiger charge is 2.25. The van der Waals surface area contributed by atoms with Gasteiger partial charge in [-0.3, -0.25) is 0 Å². The first-order valence-corrected chi connectivity index (χ1v) is 9.94. The maximum absolute atomic E-state index is 6.24. The van der Waals surface area contributed by atoms with Crippen LogP contribution in [0.1, 0.15) is 75.2 Å². The number of hydrogen-bond donors (Lipinski definition) is 0. The molecule has 3 rings (SSSR count). The SMILES string of the molecule is CCCc1cc(OCc2ccccc2C)n(C(C)C2CCCCC2)n1. The zero-order valence-corrected chi connectivity index (χ0v) is 16.0. The number of ether oxygens (including phenoxy) is 1. The second kappa shape index (κ2) is 8.55. The number of benzene rings is 1. The van der Waals surface area contributed by atoms with Crippen LogP contribution in [-0.2, 0) is 13.0 Å². The monoisotopic (exact) mass is 340 g/mol. The Morgan fingerprint density at radius 3 is 2.68 bits per heavy atom. The van der Waals surface area contributed by atoms with Crippen LogP contribution in [0.15, 0.2) is 30.3 Å². The van der Waals surface area contributed by atoms with Crippen molar-refractivity contribution in [3.8, 4) is 5.88 Å². The van der Waals surface area contributed by atoms with E-state index in [4.69, 9.17) is 9.84 Å². The van der Waals surface area contributed by atoms with Crippen molar-refractivity contribution in [1.82, 2.24) is 9.78 Å². The van der Waals surface area contributed by atoms with Crippen molar-refractivity contribution in [2.75, 3.05) is 0 Å². The van der Waals surface area contributed by atoms with Crippen LogP contribution < -0.4 is 4.74 Å². The van der Waals surface area contributed by atoms with Gasteiger partial charge in [0.25, 0.3) is 0 Å². The van der Waals surface area contributed by atoms with Gasteiger partial charge in [0.05, 0.1) is 11.7 Å². The second-order valence-corrected chi connectivity index (χ2v) is 7.52. The summed E-state index contributed by atoms with van der Waals surface area (Å²) in [4.78, 5) is 0. The molecular formula is C22H32N2O. The van der Waals surface area contributed by atoms with Crippen LogP contribution in [0.4, 0.5) is 0 Å². The van der Waals surface area contributed by atoms with Crippen LogP contribution in [-0.4, -0.2) is 9.78 Å². The van der Waals surface area contributed by atoms with Crippen LogP contribution in [0.25, 0.3) is 0 Å². The van der Waals surface area contributed by atoms with Crippen molar-refractivity contribution in [2.45, 2.75) is 78.4 Å². The smallest absolute Gasteiger partial charge is 0.212 e. The fourth-order valence-electron chi connectivity index (χ4n) is 3.94. The lowest BCUT2D eigenvalue weighted by molar-refractivity contribution is 0.209. The predicted molar refractivity (Wildman–Crippen MR) is 103 cm³/mol. The number of nitrogens with zero attached hydrogens (tertiary/aromatic N) is 2. The highest BCUT2D eigenvalue weighted by atomic mass is 16.5. The van der Waals surface area contributed by atoms with Gasteiger partial charge in [-0.2, -0.15) is 5.10 Å². The van der Waals surface area contributed by atoms with Gasteiger partial charge in [0.2, 0.25) is 5.88 Å². The van der Waals surface area contributed by atoms with Gasteiger partial charge in [-0.1, -0.05) is 56.9 Å². The van der Waals surface area contributed by atoms with Gasteiger partial charge in [-0.25, -0.2) is 4.68 Å². The second-order valence-electron chi connectivity index (χ2n) is 7.52. The minimum absolute atomic E-state index is 0.415. The average Bonchev–Trinajstić information content (AvgIpc) is 3.04. The van der Waals surface area contributed by atoms with Crippen molar-refractivity contribution < 1.29 is 4.74 Å². The highest BCUT2D eigenvalue weighted by Crippen LogP contribution is 2.35. The Kier molecular flexibility index (Phi) is 6.17. The van der Waals surface area contributed by atoms with E-state index >= 15 is 0 Å². The van der Waals surface area contributed by atoms with Gasteiger partial charge in [-0.05, 0) is 50.2 Å². The molecule has 2 aromatic rings. The Morgan fingerprint density at radius 1 is 1.20 bits per heavy atom. The zero-order valence-electron chi connectivity index (χ0n) is 16.0. The molecule has 25 heavy (non-hydrogen) atoms. The van der Waals surface area contributed by atoms with Crippen molar-refractivity contribution >= 4 is 0 Å². The Hall–Kier alpha value is -1.77. The summed E-state index contributed by atoms with van der Waals surface area (Å²) in [5.74, 6) is 1.66. The van der Waals surface area contributed by atoms with E-state index in [-0.39, 0.29) is 0 Å². The number of aryl methyl sites for hydroxylation is 2. The van der Waals surface area contributed by atoms with E-state index in [0.717, 1.165) is 30.3 Å². The van der Waals surface area contributed by atoms with Gasteiger partial charge >= 0.3 is 0 Å². The van der Waals surface area contributed by atoms with Crippen molar-refractivity contribution in [2.24, 2.45) is 5.92 Å². The maximum atomic E-state index is 6.24. The summed E-state index contributed by atoms with van der Waals surface area (Å²) in [6.45, 7) is 7.28. The average molecular weight is 341 g/mol. The van der Waals surface area contributed by atoms with Gasteiger partial charge < -0.3 is 4.74 Å². The first kappa shape index (κ1) is 18.0. The Balaban J connectivity index is 1.77. The van der Waals surface area contributed by atoms with Gasteiger partial charge in [-0.15, -0.1) is 0 Å². The van der Waals surface area contributed by atoms with Crippen LogP contribution in [0.3, 0.4) is 0 Å². The maximum Gasteiger partial charge on any atom is 0.212 e. The first-order valence-electron chi connectivity index (χ1n) is 9.94. The lowest BCUT2D eigenvalue weighted by Gasteiger charge is -2.28. The van der Waals surface area contributed by atoms with E-state index in [1.807, 2.05) is 0 Å².